The minimum absolute atomic E-state index is 0.115. The first-order valence-corrected chi connectivity index (χ1v) is 9.20. The van der Waals surface area contributed by atoms with Crippen molar-refractivity contribution in [1.82, 2.24) is 14.9 Å². The molecule has 7 heteroatoms. The molecule has 0 saturated heterocycles. The Labute approximate surface area is 166 Å². The number of benzene rings is 2. The van der Waals surface area contributed by atoms with Crippen molar-refractivity contribution >= 4 is 5.91 Å². The molecule has 2 aromatic carbocycles. The van der Waals surface area contributed by atoms with Gasteiger partial charge in [-0.05, 0) is 48.2 Å². The number of rotatable bonds is 4. The number of aryl methyl sites for hydroxylation is 1. The molecule has 29 heavy (non-hydrogen) atoms. The largest absolute Gasteiger partial charge is 0.348 e. The normalized spacial score (nSPS) is 14.8. The third-order valence-electron chi connectivity index (χ3n) is 5.04. The number of hydrogen-bond donors (Lipinski definition) is 1. The minimum Gasteiger partial charge on any atom is -0.348 e. The van der Waals surface area contributed by atoms with Crippen LogP contribution in [0.15, 0.2) is 59.5 Å². The quantitative estimate of drug-likeness (QED) is 0.744. The second-order valence-electron chi connectivity index (χ2n) is 6.86. The maximum atomic E-state index is 13.3. The summed E-state index contributed by atoms with van der Waals surface area (Å²) in [5.74, 6) is -0.570. The first-order chi connectivity index (χ1) is 14.1. The summed E-state index contributed by atoms with van der Waals surface area (Å²) in [4.78, 5) is 29.6. The molecule has 4 rings (SSSR count). The number of halogens is 1. The molecule has 6 nitrogen and oxygen atoms in total. The van der Waals surface area contributed by atoms with Crippen LogP contribution in [0.3, 0.4) is 0 Å². The predicted molar refractivity (Wildman–Crippen MR) is 104 cm³/mol. The van der Waals surface area contributed by atoms with Gasteiger partial charge in [0, 0.05) is 5.56 Å². The van der Waals surface area contributed by atoms with Gasteiger partial charge in [0.2, 0.25) is 5.91 Å². The molecule has 1 aliphatic carbocycles. The van der Waals surface area contributed by atoms with E-state index >= 15 is 0 Å². The molecule has 0 aliphatic heterocycles. The van der Waals surface area contributed by atoms with Crippen molar-refractivity contribution in [1.29, 1.82) is 5.26 Å². The topological polar surface area (TPSA) is 87.8 Å². The average Bonchev–Trinajstić information content (AvgIpc) is 3.13. The van der Waals surface area contributed by atoms with Crippen molar-refractivity contribution in [2.45, 2.75) is 25.4 Å². The molecule has 1 N–H and O–H groups in total. The molecule has 1 amide bonds. The second kappa shape index (κ2) is 7.68. The number of carbonyl (C=O) groups is 1. The molecule has 1 aromatic heterocycles. The molecule has 0 saturated carbocycles. The summed E-state index contributed by atoms with van der Waals surface area (Å²) in [6, 6.07) is 15.1. The van der Waals surface area contributed by atoms with Crippen molar-refractivity contribution in [2.75, 3.05) is 0 Å². The number of nitriles is 1. The summed E-state index contributed by atoms with van der Waals surface area (Å²) in [5, 5.41) is 12.1. The number of hydrogen-bond acceptors (Lipinski definition) is 4. The van der Waals surface area contributed by atoms with Gasteiger partial charge in [-0.25, -0.2) is 9.37 Å². The molecule has 3 aromatic rings. The van der Waals surface area contributed by atoms with Gasteiger partial charge in [-0.3, -0.25) is 14.2 Å². The number of aromatic nitrogens is 2. The maximum absolute atomic E-state index is 13.3. The first kappa shape index (κ1) is 18.6. The van der Waals surface area contributed by atoms with Crippen LogP contribution in [0.5, 0.6) is 0 Å². The SMILES string of the molecule is N#Cc1cnc(-c2ccc(F)cc2)n(CC(=O)NC2CCc3ccccc32)c1=O. The molecule has 0 bridgehead atoms. The van der Waals surface area contributed by atoms with Gasteiger partial charge in [0.15, 0.2) is 0 Å². The average molecular weight is 388 g/mol. The molecule has 0 spiro atoms. The Hall–Kier alpha value is -3.79. The van der Waals surface area contributed by atoms with Crippen LogP contribution in [0.1, 0.15) is 29.2 Å². The lowest BCUT2D eigenvalue weighted by Crippen LogP contribution is -2.35. The van der Waals surface area contributed by atoms with Gasteiger partial charge in [0.05, 0.1) is 12.2 Å². The van der Waals surface area contributed by atoms with Gasteiger partial charge in [0.25, 0.3) is 5.56 Å². The molecule has 0 fully saturated rings. The van der Waals surface area contributed by atoms with Gasteiger partial charge in [-0.2, -0.15) is 5.26 Å². The van der Waals surface area contributed by atoms with Crippen molar-refractivity contribution < 1.29 is 9.18 Å². The smallest absolute Gasteiger partial charge is 0.272 e. The highest BCUT2D eigenvalue weighted by Gasteiger charge is 2.24. The Balaban J connectivity index is 1.64. The van der Waals surface area contributed by atoms with E-state index in [4.69, 9.17) is 5.26 Å². The minimum atomic E-state index is -0.608. The van der Waals surface area contributed by atoms with E-state index in [1.165, 1.54) is 36.0 Å². The zero-order valence-electron chi connectivity index (χ0n) is 15.4. The third-order valence-corrected chi connectivity index (χ3v) is 5.04. The van der Waals surface area contributed by atoms with E-state index in [0.29, 0.717) is 5.56 Å². The van der Waals surface area contributed by atoms with E-state index in [1.54, 1.807) is 6.07 Å². The van der Waals surface area contributed by atoms with E-state index in [0.717, 1.165) is 23.0 Å². The maximum Gasteiger partial charge on any atom is 0.272 e. The first-order valence-electron chi connectivity index (χ1n) is 9.20. The number of fused-ring (bicyclic) bond motifs is 1. The summed E-state index contributed by atoms with van der Waals surface area (Å²) in [6.07, 6.45) is 2.84. The lowest BCUT2D eigenvalue weighted by Gasteiger charge is -2.16. The lowest BCUT2D eigenvalue weighted by molar-refractivity contribution is -0.122. The zero-order chi connectivity index (χ0) is 20.4. The Kier molecular flexibility index (Phi) is 4.92. The molecule has 1 unspecified atom stereocenters. The lowest BCUT2D eigenvalue weighted by atomic mass is 10.1. The molecule has 0 radical (unpaired) electrons. The summed E-state index contributed by atoms with van der Waals surface area (Å²) in [7, 11) is 0. The van der Waals surface area contributed by atoms with Crippen molar-refractivity contribution in [3.8, 4) is 17.5 Å². The Morgan fingerprint density at radius 2 is 2.00 bits per heavy atom. The van der Waals surface area contributed by atoms with Crippen molar-refractivity contribution in [3.05, 3.63) is 87.6 Å². The van der Waals surface area contributed by atoms with Gasteiger partial charge >= 0.3 is 0 Å². The summed E-state index contributed by atoms with van der Waals surface area (Å²) in [6.45, 7) is -0.285. The Morgan fingerprint density at radius 1 is 1.24 bits per heavy atom. The van der Waals surface area contributed by atoms with Crippen LogP contribution in [0.4, 0.5) is 4.39 Å². The molecule has 1 atom stereocenters. The van der Waals surface area contributed by atoms with Crippen molar-refractivity contribution in [3.63, 3.8) is 0 Å². The van der Waals surface area contributed by atoms with Crippen LogP contribution in [-0.2, 0) is 17.8 Å². The van der Waals surface area contributed by atoms with Gasteiger partial charge in [-0.1, -0.05) is 24.3 Å². The fraction of sp³-hybridized carbons (Fsp3) is 0.182. The number of amides is 1. The van der Waals surface area contributed by atoms with Crippen LogP contribution >= 0.6 is 0 Å². The van der Waals surface area contributed by atoms with Gasteiger partial charge in [0.1, 0.15) is 29.8 Å². The fourth-order valence-corrected chi connectivity index (χ4v) is 3.64. The van der Waals surface area contributed by atoms with Crippen LogP contribution in [0.25, 0.3) is 11.4 Å². The fourth-order valence-electron chi connectivity index (χ4n) is 3.64. The highest BCUT2D eigenvalue weighted by molar-refractivity contribution is 5.77. The second-order valence-corrected chi connectivity index (χ2v) is 6.86. The predicted octanol–water partition coefficient (Wildman–Crippen LogP) is 2.72. The Bertz CT molecular complexity index is 1180. The Morgan fingerprint density at radius 3 is 2.76 bits per heavy atom. The van der Waals surface area contributed by atoms with E-state index in [-0.39, 0.29) is 29.9 Å². The van der Waals surface area contributed by atoms with Crippen molar-refractivity contribution in [2.24, 2.45) is 0 Å². The van der Waals surface area contributed by atoms with Crippen LogP contribution in [-0.4, -0.2) is 15.5 Å². The van der Waals surface area contributed by atoms with Gasteiger partial charge < -0.3 is 5.32 Å². The van der Waals surface area contributed by atoms with Gasteiger partial charge in [-0.15, -0.1) is 0 Å². The van der Waals surface area contributed by atoms with Crippen LogP contribution in [0.2, 0.25) is 0 Å². The molecule has 144 valence electrons. The highest BCUT2D eigenvalue weighted by atomic mass is 19.1. The van der Waals surface area contributed by atoms with E-state index < -0.39 is 11.4 Å². The summed E-state index contributed by atoms with van der Waals surface area (Å²) in [5.41, 5.74) is 2.00. The molecular formula is C22H17FN4O2. The van der Waals surface area contributed by atoms with Crippen LogP contribution in [0, 0.1) is 17.1 Å². The number of carbonyl (C=O) groups excluding carboxylic acids is 1. The van der Waals surface area contributed by atoms with Crippen LogP contribution < -0.4 is 10.9 Å². The van der Waals surface area contributed by atoms with E-state index in [2.05, 4.69) is 10.3 Å². The molecular weight excluding hydrogens is 371 g/mol. The van der Waals surface area contributed by atoms with E-state index in [9.17, 15) is 14.0 Å². The monoisotopic (exact) mass is 388 g/mol. The number of nitrogens with one attached hydrogen (secondary N) is 1. The third kappa shape index (κ3) is 3.65. The number of nitrogens with zero attached hydrogens (tertiary/aromatic N) is 3. The zero-order valence-corrected chi connectivity index (χ0v) is 15.4. The highest BCUT2D eigenvalue weighted by Crippen LogP contribution is 2.30. The summed E-state index contributed by atoms with van der Waals surface area (Å²) < 4.78 is 14.4. The standard InChI is InChI=1S/C22H17FN4O2/c23-17-8-5-15(6-9-17)21-25-12-16(11-24)22(29)27(21)13-20(28)26-19-10-7-14-3-1-2-4-18(14)19/h1-6,8-9,12,19H,7,10,13H2,(H,26,28). The van der Waals surface area contributed by atoms with E-state index in [1.807, 2.05) is 24.3 Å². The molecule has 1 aliphatic rings. The molecule has 1 heterocycles. The summed E-state index contributed by atoms with van der Waals surface area (Å²) >= 11 is 0.